The Kier molecular flexibility index (Phi) is 2.59. The van der Waals surface area contributed by atoms with E-state index >= 15 is 0 Å². The predicted molar refractivity (Wildman–Crippen MR) is 127 cm³/mol. The molecule has 138 valence electrons. The molecular weight excluding hydrogens is 360 g/mol. The number of benzene rings is 6. The lowest BCUT2D eigenvalue weighted by molar-refractivity contribution is 1.24. The molecule has 0 unspecified atom stereocenters. The van der Waals surface area contributed by atoms with E-state index in [1.807, 2.05) is 0 Å². The molecule has 6 aromatic carbocycles. The molecule has 6 aromatic rings. The molecule has 2 aliphatic carbocycles. The van der Waals surface area contributed by atoms with Crippen molar-refractivity contribution in [2.75, 3.05) is 0 Å². The Bertz CT molecular complexity index is 1670. The highest BCUT2D eigenvalue weighted by Gasteiger charge is 2.27. The summed E-state index contributed by atoms with van der Waals surface area (Å²) in [5, 5.41) is 8.32. The van der Waals surface area contributed by atoms with Gasteiger partial charge in [-0.05, 0) is 102 Å². The standard InChI is InChI=1S/C30H18/c1-2-7-24-19(4-1)12-21-16-27-22(15-26(21)24)14-23-13-20-9-8-17-5-3-6-18-10-11-25(29(23)27)30(20)28(17)18/h1-11,13,15-16H,12,14H2. The van der Waals surface area contributed by atoms with Crippen LogP contribution in [-0.4, -0.2) is 0 Å². The van der Waals surface area contributed by atoms with Crippen LogP contribution >= 0.6 is 0 Å². The molecule has 8 rings (SSSR count). The maximum absolute atomic E-state index is 2.49. The van der Waals surface area contributed by atoms with Crippen molar-refractivity contribution in [2.45, 2.75) is 12.8 Å². The molecule has 0 heteroatoms. The number of hydrogen-bond donors (Lipinski definition) is 0. The maximum Gasteiger partial charge on any atom is -0.00128 e. The monoisotopic (exact) mass is 378 g/mol. The first-order chi connectivity index (χ1) is 14.8. The van der Waals surface area contributed by atoms with Crippen LogP contribution in [0.4, 0.5) is 0 Å². The third-order valence-electron chi connectivity index (χ3n) is 7.40. The predicted octanol–water partition coefficient (Wildman–Crippen LogP) is 7.73. The van der Waals surface area contributed by atoms with Crippen molar-refractivity contribution in [1.82, 2.24) is 0 Å². The Morgan fingerprint density at radius 2 is 1.17 bits per heavy atom. The Morgan fingerprint density at radius 3 is 2.10 bits per heavy atom. The molecule has 30 heavy (non-hydrogen) atoms. The Balaban J connectivity index is 1.47. The summed E-state index contributed by atoms with van der Waals surface area (Å²) in [5.74, 6) is 0. The van der Waals surface area contributed by atoms with Crippen molar-refractivity contribution >= 4 is 32.3 Å². The van der Waals surface area contributed by atoms with Crippen LogP contribution < -0.4 is 0 Å². The summed E-state index contributed by atoms with van der Waals surface area (Å²) in [4.78, 5) is 0. The van der Waals surface area contributed by atoms with E-state index < -0.39 is 0 Å². The van der Waals surface area contributed by atoms with Crippen molar-refractivity contribution in [3.63, 3.8) is 0 Å². The molecule has 0 radical (unpaired) electrons. The Hall–Kier alpha value is -3.64. The maximum atomic E-state index is 2.49. The first kappa shape index (κ1) is 15.2. The van der Waals surface area contributed by atoms with Crippen LogP contribution in [0.1, 0.15) is 22.3 Å². The van der Waals surface area contributed by atoms with Gasteiger partial charge in [-0.2, -0.15) is 0 Å². The minimum Gasteiger partial charge on any atom is -0.0619 e. The summed E-state index contributed by atoms with van der Waals surface area (Å²) in [5.41, 5.74) is 11.7. The zero-order valence-corrected chi connectivity index (χ0v) is 16.5. The Labute approximate surface area is 174 Å². The van der Waals surface area contributed by atoms with Gasteiger partial charge in [0.05, 0.1) is 0 Å². The van der Waals surface area contributed by atoms with E-state index in [1.54, 1.807) is 0 Å². The van der Waals surface area contributed by atoms with Gasteiger partial charge in [-0.1, -0.05) is 72.8 Å². The average Bonchev–Trinajstić information content (AvgIpc) is 3.32. The highest BCUT2D eigenvalue weighted by Crippen LogP contribution is 2.49. The van der Waals surface area contributed by atoms with Gasteiger partial charge in [-0.25, -0.2) is 0 Å². The van der Waals surface area contributed by atoms with Crippen molar-refractivity contribution in [3.8, 4) is 22.3 Å². The second kappa shape index (κ2) is 5.09. The van der Waals surface area contributed by atoms with E-state index in [2.05, 4.69) is 84.9 Å². The summed E-state index contributed by atoms with van der Waals surface area (Å²) in [6.07, 6.45) is 2.09. The zero-order valence-electron chi connectivity index (χ0n) is 16.5. The molecule has 0 amide bonds. The molecular formula is C30H18. The van der Waals surface area contributed by atoms with Crippen LogP contribution in [0.3, 0.4) is 0 Å². The van der Waals surface area contributed by atoms with Gasteiger partial charge in [0.25, 0.3) is 0 Å². The van der Waals surface area contributed by atoms with Crippen LogP contribution in [0, 0.1) is 0 Å². The summed E-state index contributed by atoms with van der Waals surface area (Å²) in [7, 11) is 0. The van der Waals surface area contributed by atoms with Crippen LogP contribution in [0.5, 0.6) is 0 Å². The van der Waals surface area contributed by atoms with Gasteiger partial charge in [-0.15, -0.1) is 0 Å². The molecule has 0 bridgehead atoms. The number of hydrogen-bond acceptors (Lipinski definition) is 0. The number of fused-ring (bicyclic) bond motifs is 7. The second-order valence-corrected chi connectivity index (χ2v) is 8.94. The lowest BCUT2D eigenvalue weighted by atomic mass is 9.89. The molecule has 0 aliphatic heterocycles. The van der Waals surface area contributed by atoms with Crippen molar-refractivity contribution in [1.29, 1.82) is 0 Å². The van der Waals surface area contributed by atoms with Gasteiger partial charge >= 0.3 is 0 Å². The fourth-order valence-corrected chi connectivity index (χ4v) is 6.14. The summed E-state index contributed by atoms with van der Waals surface area (Å²) in [6, 6.07) is 32.2. The molecule has 0 saturated carbocycles. The van der Waals surface area contributed by atoms with E-state index in [4.69, 9.17) is 0 Å². The van der Waals surface area contributed by atoms with E-state index in [-0.39, 0.29) is 0 Å². The SMILES string of the molecule is c1ccc2c(c1)Cc1cc3c(cc1-2)Cc1cc2ccc4cccc5ccc(c1-3)c2c45. The third-order valence-corrected chi connectivity index (χ3v) is 7.40. The van der Waals surface area contributed by atoms with E-state index in [0.29, 0.717) is 0 Å². The van der Waals surface area contributed by atoms with Crippen LogP contribution in [0.2, 0.25) is 0 Å². The normalized spacial score (nSPS) is 13.7. The Morgan fingerprint density at radius 1 is 0.433 bits per heavy atom. The summed E-state index contributed by atoms with van der Waals surface area (Å²) >= 11 is 0. The van der Waals surface area contributed by atoms with E-state index in [1.165, 1.54) is 76.8 Å². The second-order valence-electron chi connectivity index (χ2n) is 8.94. The lowest BCUT2D eigenvalue weighted by Crippen LogP contribution is -1.89. The van der Waals surface area contributed by atoms with Crippen LogP contribution in [-0.2, 0) is 12.8 Å². The van der Waals surface area contributed by atoms with Gasteiger partial charge in [-0.3, -0.25) is 0 Å². The third kappa shape index (κ3) is 1.74. The molecule has 0 aromatic heterocycles. The highest BCUT2D eigenvalue weighted by molar-refractivity contribution is 6.26. The molecule has 0 nitrogen and oxygen atoms in total. The van der Waals surface area contributed by atoms with Gasteiger partial charge in [0.15, 0.2) is 0 Å². The zero-order chi connectivity index (χ0) is 19.4. The summed E-state index contributed by atoms with van der Waals surface area (Å²) < 4.78 is 0. The van der Waals surface area contributed by atoms with Crippen molar-refractivity contribution in [2.24, 2.45) is 0 Å². The fraction of sp³-hybridized carbons (Fsp3) is 0.0667. The molecule has 0 atom stereocenters. The highest BCUT2D eigenvalue weighted by atomic mass is 14.3. The topological polar surface area (TPSA) is 0 Å². The number of rotatable bonds is 0. The average molecular weight is 378 g/mol. The van der Waals surface area contributed by atoms with E-state index in [9.17, 15) is 0 Å². The lowest BCUT2D eigenvalue weighted by Gasteiger charge is -2.15. The molecule has 0 spiro atoms. The summed E-state index contributed by atoms with van der Waals surface area (Å²) in [6.45, 7) is 0. The van der Waals surface area contributed by atoms with Gasteiger partial charge in [0.2, 0.25) is 0 Å². The largest absolute Gasteiger partial charge is 0.0619 e. The van der Waals surface area contributed by atoms with Crippen molar-refractivity contribution < 1.29 is 0 Å². The molecule has 0 N–H and O–H groups in total. The first-order valence-corrected chi connectivity index (χ1v) is 10.8. The van der Waals surface area contributed by atoms with Crippen molar-refractivity contribution in [3.05, 3.63) is 107 Å². The van der Waals surface area contributed by atoms with E-state index in [0.717, 1.165) is 12.8 Å². The van der Waals surface area contributed by atoms with Crippen LogP contribution in [0.15, 0.2) is 84.9 Å². The fourth-order valence-electron chi connectivity index (χ4n) is 6.14. The van der Waals surface area contributed by atoms with Gasteiger partial charge in [0.1, 0.15) is 0 Å². The molecule has 0 fully saturated rings. The minimum absolute atomic E-state index is 1.04. The smallest absolute Gasteiger partial charge is 0.00128 e. The first-order valence-electron chi connectivity index (χ1n) is 10.8. The minimum atomic E-state index is 1.04. The molecule has 2 aliphatic rings. The van der Waals surface area contributed by atoms with Crippen LogP contribution in [0.25, 0.3) is 54.6 Å². The molecule has 0 heterocycles. The van der Waals surface area contributed by atoms with Gasteiger partial charge in [0, 0.05) is 0 Å². The molecule has 0 saturated heterocycles. The quantitative estimate of drug-likeness (QED) is 0.237. The van der Waals surface area contributed by atoms with Gasteiger partial charge < -0.3 is 0 Å².